The average molecular weight is 353 g/mol. The molecule has 4 unspecified atom stereocenters. The summed E-state index contributed by atoms with van der Waals surface area (Å²) in [7, 11) is 0. The van der Waals surface area contributed by atoms with Crippen LogP contribution in [0, 0.1) is 11.8 Å². The number of aliphatic carboxylic acids is 1. The van der Waals surface area contributed by atoms with E-state index in [-0.39, 0.29) is 18.7 Å². The molecule has 8 heteroatoms. The average Bonchev–Trinajstić information content (AvgIpc) is 2.84. The van der Waals surface area contributed by atoms with Gasteiger partial charge in [0.2, 0.25) is 5.91 Å². The normalized spacial score (nSPS) is 27.3. The molecule has 1 heterocycles. The summed E-state index contributed by atoms with van der Waals surface area (Å²) in [5.74, 6) is -3.60. The summed E-state index contributed by atoms with van der Waals surface area (Å²) in [6.45, 7) is 5.55. The van der Waals surface area contributed by atoms with E-state index in [0.717, 1.165) is 0 Å². The summed E-state index contributed by atoms with van der Waals surface area (Å²) in [6.07, 6.45) is 0.106. The van der Waals surface area contributed by atoms with Gasteiger partial charge >= 0.3 is 17.9 Å². The molecule has 0 aromatic heterocycles. The lowest BCUT2D eigenvalue weighted by Gasteiger charge is -2.30. The topological polar surface area (TPSA) is 119 Å². The van der Waals surface area contributed by atoms with Gasteiger partial charge in [0, 0.05) is 25.0 Å². The predicted molar refractivity (Wildman–Crippen MR) is 85.3 cm³/mol. The first-order valence-corrected chi connectivity index (χ1v) is 8.36. The number of unbranched alkanes of at least 4 members (excludes halogenated alkanes) is 1. The molecule has 1 aliphatic heterocycles. The van der Waals surface area contributed by atoms with Crippen molar-refractivity contribution < 1.29 is 33.8 Å². The highest BCUT2D eigenvalue weighted by Gasteiger charge is 2.52. The van der Waals surface area contributed by atoms with E-state index in [1.54, 1.807) is 6.92 Å². The molecule has 0 aromatic rings. The minimum atomic E-state index is -1.09. The maximum atomic E-state index is 12.0. The zero-order valence-electron chi connectivity index (χ0n) is 14.2. The van der Waals surface area contributed by atoms with Crippen molar-refractivity contribution in [1.82, 2.24) is 5.32 Å². The molecule has 2 fully saturated rings. The Labute approximate surface area is 145 Å². The smallest absolute Gasteiger partial charge is 0.310 e. The van der Waals surface area contributed by atoms with E-state index in [4.69, 9.17) is 9.47 Å². The van der Waals surface area contributed by atoms with Crippen molar-refractivity contribution in [2.45, 2.75) is 51.2 Å². The third kappa shape index (κ3) is 4.80. The highest BCUT2D eigenvalue weighted by Crippen LogP contribution is 2.39. The van der Waals surface area contributed by atoms with Crippen molar-refractivity contribution in [3.8, 4) is 0 Å². The molecule has 1 aliphatic carbocycles. The molecule has 1 saturated heterocycles. The van der Waals surface area contributed by atoms with Crippen molar-refractivity contribution in [2.24, 2.45) is 11.8 Å². The summed E-state index contributed by atoms with van der Waals surface area (Å²) in [5.41, 5.74) is 0.417. The molecule has 8 nitrogen and oxygen atoms in total. The van der Waals surface area contributed by atoms with E-state index in [9.17, 15) is 24.3 Å². The number of fused-ring (bicyclic) bond motifs is 2. The summed E-state index contributed by atoms with van der Waals surface area (Å²) < 4.78 is 10.4. The number of carbonyl (C=O) groups excluding carboxylic acids is 3. The summed E-state index contributed by atoms with van der Waals surface area (Å²) in [5, 5.41) is 12.0. The molecule has 0 radical (unpaired) electrons. The van der Waals surface area contributed by atoms with Crippen LogP contribution in [-0.2, 0) is 28.7 Å². The third-order valence-electron chi connectivity index (χ3n) is 4.48. The lowest BCUT2D eigenvalue weighted by atomic mass is 9.79. The number of carbonyl (C=O) groups is 4. The maximum absolute atomic E-state index is 12.0. The number of esters is 2. The lowest BCUT2D eigenvalue weighted by Crippen LogP contribution is -2.44. The van der Waals surface area contributed by atoms with Crippen molar-refractivity contribution in [1.29, 1.82) is 0 Å². The minimum absolute atomic E-state index is 0.107. The lowest BCUT2D eigenvalue weighted by molar-refractivity contribution is -0.171. The monoisotopic (exact) mass is 353 g/mol. The summed E-state index contributed by atoms with van der Waals surface area (Å²) in [6, 6.07) is 0. The van der Waals surface area contributed by atoms with Crippen LogP contribution in [0.25, 0.3) is 0 Å². The molecule has 0 spiro atoms. The molecule has 0 aromatic carbocycles. The van der Waals surface area contributed by atoms with Crippen LogP contribution in [-0.4, -0.2) is 47.7 Å². The molecular formula is C17H23NO7. The summed E-state index contributed by atoms with van der Waals surface area (Å²) in [4.78, 5) is 46.3. The fourth-order valence-corrected chi connectivity index (χ4v) is 3.12. The van der Waals surface area contributed by atoms with Crippen LogP contribution in [0.2, 0.25) is 0 Å². The molecule has 2 bridgehead atoms. The Kier molecular flexibility index (Phi) is 6.17. The number of ether oxygens (including phenoxy) is 2. The van der Waals surface area contributed by atoms with Crippen LogP contribution >= 0.6 is 0 Å². The first kappa shape index (κ1) is 19.0. The first-order valence-electron chi connectivity index (χ1n) is 8.36. The second-order valence-electron chi connectivity index (χ2n) is 6.54. The Bertz CT molecular complexity index is 586. The Balaban J connectivity index is 1.77. The van der Waals surface area contributed by atoms with Gasteiger partial charge in [-0.15, -0.1) is 0 Å². The number of carboxylic acids is 1. The second kappa shape index (κ2) is 8.13. The predicted octanol–water partition coefficient (Wildman–Crippen LogP) is 0.797. The molecule has 2 N–H and O–H groups in total. The number of rotatable bonds is 8. The highest BCUT2D eigenvalue weighted by molar-refractivity contribution is 5.92. The van der Waals surface area contributed by atoms with E-state index >= 15 is 0 Å². The number of nitrogens with one attached hydrogen (secondary N) is 1. The molecule has 2 rings (SSSR count). The Morgan fingerprint density at radius 1 is 1.32 bits per heavy atom. The third-order valence-corrected chi connectivity index (χ3v) is 4.48. The SMILES string of the molecule is C=C(C)C(=O)NCCCCC(=O)OC1C2CC(CC1C(=O)O)C(=O)O2. The van der Waals surface area contributed by atoms with Crippen molar-refractivity contribution in [3.63, 3.8) is 0 Å². The van der Waals surface area contributed by atoms with Gasteiger partial charge in [-0.05, 0) is 26.2 Å². The largest absolute Gasteiger partial charge is 0.481 e. The van der Waals surface area contributed by atoms with Crippen molar-refractivity contribution in [3.05, 3.63) is 12.2 Å². The van der Waals surface area contributed by atoms with Crippen LogP contribution in [0.1, 0.15) is 39.0 Å². The van der Waals surface area contributed by atoms with Gasteiger partial charge in [0.1, 0.15) is 6.10 Å². The minimum Gasteiger partial charge on any atom is -0.481 e. The summed E-state index contributed by atoms with van der Waals surface area (Å²) >= 11 is 0. The Morgan fingerprint density at radius 2 is 2.04 bits per heavy atom. The van der Waals surface area contributed by atoms with Crippen LogP contribution in [0.4, 0.5) is 0 Å². The number of hydrogen-bond acceptors (Lipinski definition) is 6. The Morgan fingerprint density at radius 3 is 2.68 bits per heavy atom. The molecular weight excluding hydrogens is 330 g/mol. The van der Waals surface area contributed by atoms with Gasteiger partial charge in [-0.2, -0.15) is 0 Å². The molecule has 138 valence electrons. The van der Waals surface area contributed by atoms with E-state index in [1.807, 2.05) is 0 Å². The van der Waals surface area contributed by atoms with Crippen LogP contribution in [0.5, 0.6) is 0 Å². The first-order chi connectivity index (χ1) is 11.8. The fraction of sp³-hybridized carbons (Fsp3) is 0.647. The van der Waals surface area contributed by atoms with E-state index < -0.39 is 42.0 Å². The van der Waals surface area contributed by atoms with Gasteiger partial charge in [-0.3, -0.25) is 19.2 Å². The molecule has 1 amide bonds. The Hall–Kier alpha value is -2.38. The van der Waals surface area contributed by atoms with E-state index in [0.29, 0.717) is 31.4 Å². The number of carboxylic acid groups (broad SMARTS) is 1. The van der Waals surface area contributed by atoms with Gasteiger partial charge in [-0.1, -0.05) is 6.58 Å². The molecule has 25 heavy (non-hydrogen) atoms. The van der Waals surface area contributed by atoms with Crippen LogP contribution < -0.4 is 5.32 Å². The number of amides is 1. The van der Waals surface area contributed by atoms with Crippen LogP contribution in [0.15, 0.2) is 12.2 Å². The molecule has 4 atom stereocenters. The van der Waals surface area contributed by atoms with Crippen LogP contribution in [0.3, 0.4) is 0 Å². The van der Waals surface area contributed by atoms with Crippen molar-refractivity contribution >= 4 is 23.8 Å². The standard InChI is InChI=1S/C17H23NO7/c1-9(2)15(20)18-6-4-3-5-13(19)25-14-11(16(21)22)7-10-8-12(14)24-17(10)23/h10-12,14H,1,3-8H2,2H3,(H,18,20)(H,21,22). The zero-order valence-corrected chi connectivity index (χ0v) is 14.2. The number of hydrogen-bond donors (Lipinski definition) is 2. The zero-order chi connectivity index (χ0) is 18.6. The van der Waals surface area contributed by atoms with Gasteiger partial charge in [0.15, 0.2) is 6.10 Å². The van der Waals surface area contributed by atoms with E-state index in [2.05, 4.69) is 11.9 Å². The second-order valence-corrected chi connectivity index (χ2v) is 6.54. The van der Waals surface area contributed by atoms with E-state index in [1.165, 1.54) is 0 Å². The van der Waals surface area contributed by atoms with Gasteiger partial charge in [0.25, 0.3) is 0 Å². The fourth-order valence-electron chi connectivity index (χ4n) is 3.12. The van der Waals surface area contributed by atoms with Crippen molar-refractivity contribution in [2.75, 3.05) is 6.54 Å². The van der Waals surface area contributed by atoms with Gasteiger partial charge < -0.3 is 19.9 Å². The maximum Gasteiger partial charge on any atom is 0.310 e. The molecule has 1 saturated carbocycles. The molecule has 2 aliphatic rings. The van der Waals surface area contributed by atoms with Gasteiger partial charge in [0.05, 0.1) is 11.8 Å². The van der Waals surface area contributed by atoms with Gasteiger partial charge in [-0.25, -0.2) is 0 Å². The highest BCUT2D eigenvalue weighted by atomic mass is 16.6. The quantitative estimate of drug-likeness (QED) is 0.376.